The quantitative estimate of drug-likeness (QED) is 0.0487. The van der Waals surface area contributed by atoms with Crippen LogP contribution in [0.15, 0.2) is 36.4 Å². The molecule has 3 N–H and O–H groups in total. The van der Waals surface area contributed by atoms with Gasteiger partial charge >= 0.3 is 7.82 Å². The van der Waals surface area contributed by atoms with Crippen LogP contribution in [0.5, 0.6) is 11.5 Å². The highest BCUT2D eigenvalue weighted by Gasteiger charge is 2.15. The molecule has 2 aromatic carbocycles. The Bertz CT molecular complexity index is 1100. The highest BCUT2D eigenvalue weighted by Crippen LogP contribution is 2.35. The van der Waals surface area contributed by atoms with E-state index in [1.54, 1.807) is 11.1 Å². The Hall–Kier alpha value is -1.65. The summed E-state index contributed by atoms with van der Waals surface area (Å²) in [5.74, 6) is 2.28. The van der Waals surface area contributed by atoms with E-state index in [0.717, 1.165) is 24.3 Å². The van der Waals surface area contributed by atoms with E-state index in [9.17, 15) is 0 Å². The fourth-order valence-electron chi connectivity index (χ4n) is 7.63. The highest BCUT2D eigenvalue weighted by atomic mass is 31.2. The molecule has 2 rings (SSSR count). The third-order valence-electron chi connectivity index (χ3n) is 10.8. The molecule has 0 aliphatic rings. The first kappa shape index (κ1) is 50.4. The predicted molar refractivity (Wildman–Crippen MR) is 234 cm³/mol. The van der Waals surface area contributed by atoms with Gasteiger partial charge in [0.1, 0.15) is 11.5 Å². The molecule has 0 heterocycles. The smallest absolute Gasteiger partial charge is 0.457 e. The summed E-state index contributed by atoms with van der Waals surface area (Å²) >= 11 is 0. The maximum absolute atomic E-state index is 8.88. The molecular formula is C48H85O5P. The van der Waals surface area contributed by atoms with Crippen LogP contribution < -0.4 is 4.74 Å². The normalized spacial score (nSPS) is 11.5. The van der Waals surface area contributed by atoms with Crippen LogP contribution in [0.1, 0.15) is 230 Å². The van der Waals surface area contributed by atoms with E-state index >= 15 is 0 Å². The van der Waals surface area contributed by atoms with Gasteiger partial charge in [-0.3, -0.25) is 0 Å². The van der Waals surface area contributed by atoms with Gasteiger partial charge in [0.05, 0.1) is 0 Å². The van der Waals surface area contributed by atoms with E-state index in [4.69, 9.17) is 24.0 Å². The summed E-state index contributed by atoms with van der Waals surface area (Å²) in [6.45, 7) is 9.25. The molecule has 54 heavy (non-hydrogen) atoms. The maximum Gasteiger partial charge on any atom is 0.466 e. The van der Waals surface area contributed by atoms with E-state index in [2.05, 4.69) is 64.1 Å². The van der Waals surface area contributed by atoms with Crippen molar-refractivity contribution in [2.75, 3.05) is 0 Å². The average molecular weight is 773 g/mol. The topological polar surface area (TPSA) is 87.0 Å². The minimum absolute atomic E-state index is 1.14. The van der Waals surface area contributed by atoms with E-state index < -0.39 is 7.82 Å². The molecule has 2 aromatic rings. The molecule has 0 spiro atoms. The number of hydrogen-bond donors (Lipinski definition) is 3. The van der Waals surface area contributed by atoms with E-state index in [1.807, 2.05) is 0 Å². The molecule has 0 bridgehead atoms. The summed E-state index contributed by atoms with van der Waals surface area (Å²) in [5.41, 5.74) is 6.09. The second kappa shape index (κ2) is 34.6. The number of ether oxygens (including phenoxy) is 1. The van der Waals surface area contributed by atoms with Crippen LogP contribution in [0.3, 0.4) is 0 Å². The lowest BCUT2D eigenvalue weighted by Crippen LogP contribution is -2.03. The molecule has 0 atom stereocenters. The van der Waals surface area contributed by atoms with E-state index in [-0.39, 0.29) is 0 Å². The zero-order chi connectivity index (χ0) is 39.5. The van der Waals surface area contributed by atoms with Crippen molar-refractivity contribution in [2.24, 2.45) is 0 Å². The monoisotopic (exact) mass is 773 g/mol. The Kier molecular flexibility index (Phi) is 32.3. The number of aryl methyl sites for hydroxylation is 2. The van der Waals surface area contributed by atoms with Gasteiger partial charge in [0, 0.05) is 0 Å². The molecule has 5 nitrogen and oxygen atoms in total. The van der Waals surface area contributed by atoms with Gasteiger partial charge in [-0.15, -0.1) is 0 Å². The number of benzene rings is 2. The Labute approximate surface area is 334 Å². The van der Waals surface area contributed by atoms with Gasteiger partial charge in [0.25, 0.3) is 0 Å². The second-order valence-corrected chi connectivity index (χ2v) is 16.9. The van der Waals surface area contributed by atoms with Crippen LogP contribution in [0.2, 0.25) is 0 Å². The SMILES string of the molecule is CCCCCCCCCc1cccc(Oc2cccc(CCCCCCCCC)c2CCCCCCCCC)c1CCCCCCCCC.O=P(O)(O)O. The van der Waals surface area contributed by atoms with Crippen LogP contribution in [0.25, 0.3) is 0 Å². The third kappa shape index (κ3) is 27.9. The van der Waals surface area contributed by atoms with Crippen LogP contribution in [-0.2, 0) is 30.2 Å². The van der Waals surface area contributed by atoms with Crippen LogP contribution in [0, 0.1) is 0 Å². The third-order valence-corrected chi connectivity index (χ3v) is 10.8. The number of hydrogen-bond acceptors (Lipinski definition) is 2. The first-order valence-corrected chi connectivity index (χ1v) is 24.5. The van der Waals surface area contributed by atoms with Gasteiger partial charge in [-0.1, -0.05) is 206 Å². The molecule has 0 aliphatic heterocycles. The molecule has 0 radical (unpaired) electrons. The number of phosphoric acid groups is 1. The van der Waals surface area contributed by atoms with Crippen molar-refractivity contribution in [3.05, 3.63) is 58.7 Å². The van der Waals surface area contributed by atoms with Crippen LogP contribution in [-0.4, -0.2) is 14.7 Å². The summed E-state index contributed by atoms with van der Waals surface area (Å²) in [5, 5.41) is 0. The molecule has 0 fully saturated rings. The van der Waals surface area contributed by atoms with Gasteiger partial charge in [-0.2, -0.15) is 0 Å². The van der Waals surface area contributed by atoms with E-state index in [0.29, 0.717) is 0 Å². The van der Waals surface area contributed by atoms with E-state index in [1.165, 1.54) is 204 Å². The lowest BCUT2D eigenvalue weighted by atomic mass is 9.94. The zero-order valence-electron chi connectivity index (χ0n) is 35.7. The average Bonchev–Trinajstić information content (AvgIpc) is 3.14. The fourth-order valence-corrected chi connectivity index (χ4v) is 7.63. The van der Waals surface area contributed by atoms with Crippen LogP contribution in [0.4, 0.5) is 0 Å². The molecule has 312 valence electrons. The summed E-state index contributed by atoms with van der Waals surface area (Å²) in [6.07, 6.45) is 42.8. The van der Waals surface area contributed by atoms with Crippen molar-refractivity contribution >= 4 is 7.82 Å². The molecule has 0 unspecified atom stereocenters. The molecule has 0 saturated heterocycles. The summed E-state index contributed by atoms with van der Waals surface area (Å²) in [6, 6.07) is 13.9. The van der Waals surface area contributed by atoms with Crippen molar-refractivity contribution in [2.45, 2.75) is 233 Å². The summed E-state index contributed by atoms with van der Waals surface area (Å²) < 4.78 is 16.0. The first-order valence-electron chi connectivity index (χ1n) is 22.9. The summed E-state index contributed by atoms with van der Waals surface area (Å²) in [4.78, 5) is 21.6. The lowest BCUT2D eigenvalue weighted by Gasteiger charge is -2.20. The second-order valence-electron chi connectivity index (χ2n) is 15.9. The zero-order valence-corrected chi connectivity index (χ0v) is 36.6. The molecule has 0 saturated carbocycles. The van der Waals surface area contributed by atoms with Crippen LogP contribution >= 0.6 is 7.82 Å². The highest BCUT2D eigenvalue weighted by molar-refractivity contribution is 7.45. The summed E-state index contributed by atoms with van der Waals surface area (Å²) in [7, 11) is -4.64. The van der Waals surface area contributed by atoms with Gasteiger partial charge in [-0.25, -0.2) is 4.57 Å². The van der Waals surface area contributed by atoms with Crippen molar-refractivity contribution in [3.8, 4) is 11.5 Å². The van der Waals surface area contributed by atoms with Crippen molar-refractivity contribution < 1.29 is 24.0 Å². The molecule has 0 aliphatic carbocycles. The van der Waals surface area contributed by atoms with Crippen molar-refractivity contribution in [1.82, 2.24) is 0 Å². The number of rotatable bonds is 34. The Balaban J connectivity index is 0.00000272. The van der Waals surface area contributed by atoms with Crippen molar-refractivity contribution in [1.29, 1.82) is 0 Å². The Morgan fingerprint density at radius 2 is 0.630 bits per heavy atom. The predicted octanol–water partition coefficient (Wildman–Crippen LogP) is 15.7. The molecule has 0 amide bonds. The van der Waals surface area contributed by atoms with Gasteiger partial charge in [0.2, 0.25) is 0 Å². The van der Waals surface area contributed by atoms with Gasteiger partial charge in [-0.05, 0) is 85.8 Å². The number of unbranched alkanes of at least 4 members (excludes halogenated alkanes) is 24. The molecular weight excluding hydrogens is 687 g/mol. The van der Waals surface area contributed by atoms with Crippen molar-refractivity contribution in [3.63, 3.8) is 0 Å². The van der Waals surface area contributed by atoms with Gasteiger partial charge in [0.15, 0.2) is 0 Å². The largest absolute Gasteiger partial charge is 0.466 e. The minimum Gasteiger partial charge on any atom is -0.457 e. The fraction of sp³-hybridized carbons (Fsp3) is 0.750. The lowest BCUT2D eigenvalue weighted by molar-refractivity contribution is 0.275. The molecule has 6 heteroatoms. The standard InChI is InChI=1S/C48H82O.H3O4P/c1-5-9-13-17-21-25-29-35-43-37-33-41-47(45(43)39-31-27-23-19-15-11-7-3)49-48-42-34-38-44(36-30-26-22-18-14-10-6-2)46(48)40-32-28-24-20-16-12-8-4;1-5(2,3)4/h33-34,37-38,41-42H,5-32,35-36,39-40H2,1-4H3;(H3,1,2,3,4). The maximum atomic E-state index is 8.88. The minimum atomic E-state index is -4.64. The molecule has 0 aromatic heterocycles. The Morgan fingerprint density at radius 3 is 0.907 bits per heavy atom. The first-order chi connectivity index (χ1) is 26.2. The Morgan fingerprint density at radius 1 is 0.389 bits per heavy atom. The van der Waals surface area contributed by atoms with Gasteiger partial charge < -0.3 is 19.4 Å².